The van der Waals surface area contributed by atoms with Gasteiger partial charge in [-0.25, -0.2) is 0 Å². The molecule has 1 unspecified atom stereocenters. The lowest BCUT2D eigenvalue weighted by molar-refractivity contribution is -0.118. The van der Waals surface area contributed by atoms with Crippen molar-refractivity contribution in [2.24, 2.45) is 28.2 Å². The highest BCUT2D eigenvalue weighted by molar-refractivity contribution is 8.15. The van der Waals surface area contributed by atoms with Gasteiger partial charge in [0, 0.05) is 12.2 Å². The van der Waals surface area contributed by atoms with Crippen LogP contribution in [0.15, 0.2) is 35.3 Å². The number of amides is 1. The molecule has 5 rings (SSSR count). The van der Waals surface area contributed by atoms with Crippen LogP contribution in [0.25, 0.3) is 0 Å². The number of anilines is 1. The molecule has 0 spiro atoms. The van der Waals surface area contributed by atoms with Gasteiger partial charge >= 0.3 is 0 Å². The topological polar surface area (TPSA) is 53.5 Å². The fourth-order valence-corrected chi connectivity index (χ4v) is 6.03. The van der Waals surface area contributed by atoms with Crippen LogP contribution < -0.4 is 10.6 Å². The van der Waals surface area contributed by atoms with Crippen LogP contribution in [0, 0.1) is 23.2 Å². The second kappa shape index (κ2) is 6.91. The van der Waals surface area contributed by atoms with Crippen LogP contribution >= 0.6 is 11.8 Å². The van der Waals surface area contributed by atoms with Gasteiger partial charge < -0.3 is 10.6 Å². The zero-order valence-electron chi connectivity index (χ0n) is 15.9. The predicted molar refractivity (Wildman–Crippen MR) is 109 cm³/mol. The van der Waals surface area contributed by atoms with Crippen LogP contribution in [0.3, 0.4) is 0 Å². The minimum atomic E-state index is -0.0326. The molecule has 1 aromatic rings. The molecule has 3 saturated carbocycles. The number of thioether (sulfide) groups is 1. The van der Waals surface area contributed by atoms with Crippen LogP contribution in [0.5, 0.6) is 0 Å². The van der Waals surface area contributed by atoms with Crippen molar-refractivity contribution in [3.8, 4) is 0 Å². The van der Waals surface area contributed by atoms with E-state index >= 15 is 0 Å². The van der Waals surface area contributed by atoms with Crippen molar-refractivity contribution in [1.29, 1.82) is 0 Å². The number of fused-ring (bicyclic) bond motifs is 2. The van der Waals surface area contributed by atoms with Crippen LogP contribution in [0.1, 0.15) is 40.0 Å². The van der Waals surface area contributed by atoms with Gasteiger partial charge in [0.25, 0.3) is 0 Å². The van der Waals surface area contributed by atoms with E-state index in [1.807, 2.05) is 30.3 Å². The maximum atomic E-state index is 12.3. The largest absolute Gasteiger partial charge is 0.385 e. The normalized spacial score (nSPS) is 36.5. The van der Waals surface area contributed by atoms with Gasteiger partial charge in [0.2, 0.25) is 5.91 Å². The van der Waals surface area contributed by atoms with E-state index in [2.05, 4.69) is 31.4 Å². The molecule has 26 heavy (non-hydrogen) atoms. The average Bonchev–Trinajstić information content (AvgIpc) is 2.96. The van der Waals surface area contributed by atoms with E-state index in [9.17, 15) is 4.79 Å². The molecule has 4 fully saturated rings. The third kappa shape index (κ3) is 3.26. The maximum absolute atomic E-state index is 12.3. The van der Waals surface area contributed by atoms with Gasteiger partial charge in [-0.05, 0) is 54.6 Å². The Morgan fingerprint density at radius 2 is 2.04 bits per heavy atom. The van der Waals surface area contributed by atoms with E-state index in [4.69, 9.17) is 4.99 Å². The minimum Gasteiger partial charge on any atom is -0.385 e. The molecule has 1 saturated heterocycles. The van der Waals surface area contributed by atoms with E-state index in [1.54, 1.807) is 11.8 Å². The summed E-state index contributed by atoms with van der Waals surface area (Å²) in [5, 5.41) is 7.21. The fourth-order valence-electron chi connectivity index (χ4n) is 5.00. The summed E-state index contributed by atoms with van der Waals surface area (Å²) in [4.78, 5) is 17.2. The SMILES string of the molecule is C[C@H]1[C@@H](N=C2NC(=O)C(CCNc3ccccc3)S2)C[C@@H]2C[C@@H]1C2(C)C. The lowest BCUT2D eigenvalue weighted by Gasteiger charge is -2.61. The number of para-hydroxylation sites is 1. The smallest absolute Gasteiger partial charge is 0.239 e. The van der Waals surface area contributed by atoms with Crippen LogP contribution in [0.4, 0.5) is 5.69 Å². The van der Waals surface area contributed by atoms with Gasteiger partial charge in [-0.3, -0.25) is 9.79 Å². The van der Waals surface area contributed by atoms with Gasteiger partial charge in [-0.2, -0.15) is 0 Å². The van der Waals surface area contributed by atoms with Crippen molar-refractivity contribution in [2.75, 3.05) is 11.9 Å². The summed E-state index contributed by atoms with van der Waals surface area (Å²) in [6.45, 7) is 7.96. The Labute approximate surface area is 160 Å². The molecule has 5 atom stereocenters. The highest BCUT2D eigenvalue weighted by Crippen LogP contribution is 2.61. The number of hydrogen-bond acceptors (Lipinski definition) is 4. The summed E-state index contributed by atoms with van der Waals surface area (Å²) in [5.74, 6) is 2.30. The standard InChI is InChI=1S/C21H29N3OS/c1-13-16-11-14(21(16,2)3)12-17(13)23-20-24-19(25)18(26-20)9-10-22-15-7-5-4-6-8-15/h4-8,13-14,16-18,22H,9-12H2,1-3H3,(H,23,24,25)/t13-,14+,16+,17+,18?/m1/s1. The van der Waals surface area contributed by atoms with Crippen molar-refractivity contribution in [1.82, 2.24) is 5.32 Å². The molecule has 1 aliphatic heterocycles. The Morgan fingerprint density at radius 3 is 2.73 bits per heavy atom. The molecule has 0 radical (unpaired) electrons. The molecule has 4 nitrogen and oxygen atoms in total. The molecule has 4 aliphatic rings. The second-order valence-electron chi connectivity index (χ2n) is 8.63. The summed E-state index contributed by atoms with van der Waals surface area (Å²) < 4.78 is 0. The Bertz CT molecular complexity index is 702. The minimum absolute atomic E-state index is 0.0326. The highest BCUT2D eigenvalue weighted by Gasteiger charge is 2.56. The van der Waals surface area contributed by atoms with Crippen molar-refractivity contribution >= 4 is 28.5 Å². The quantitative estimate of drug-likeness (QED) is 0.818. The van der Waals surface area contributed by atoms with Gasteiger partial charge in [0.1, 0.15) is 0 Å². The molecule has 2 bridgehead atoms. The third-order valence-electron chi connectivity index (χ3n) is 6.88. The molecule has 5 heteroatoms. The molecule has 1 aromatic carbocycles. The Morgan fingerprint density at radius 1 is 1.27 bits per heavy atom. The molecular formula is C21H29N3OS. The van der Waals surface area contributed by atoms with Crippen molar-refractivity contribution in [3.05, 3.63) is 30.3 Å². The first-order chi connectivity index (χ1) is 12.4. The van der Waals surface area contributed by atoms with Gasteiger partial charge in [-0.1, -0.05) is 50.7 Å². The second-order valence-corrected chi connectivity index (χ2v) is 9.83. The van der Waals surface area contributed by atoms with Crippen molar-refractivity contribution in [2.45, 2.75) is 51.3 Å². The first-order valence-electron chi connectivity index (χ1n) is 9.79. The zero-order valence-corrected chi connectivity index (χ0v) is 16.7. The first-order valence-corrected chi connectivity index (χ1v) is 10.7. The summed E-state index contributed by atoms with van der Waals surface area (Å²) in [5.41, 5.74) is 1.58. The molecule has 1 heterocycles. The molecule has 1 amide bonds. The van der Waals surface area contributed by atoms with Crippen LogP contribution in [0.2, 0.25) is 0 Å². The maximum Gasteiger partial charge on any atom is 0.239 e. The number of hydrogen-bond donors (Lipinski definition) is 2. The number of amidine groups is 1. The highest BCUT2D eigenvalue weighted by atomic mass is 32.2. The Kier molecular flexibility index (Phi) is 4.76. The lowest BCUT2D eigenvalue weighted by atomic mass is 9.45. The number of nitrogens with zero attached hydrogens (tertiary/aromatic N) is 1. The summed E-state index contributed by atoms with van der Waals surface area (Å²) in [6, 6.07) is 10.5. The van der Waals surface area contributed by atoms with E-state index in [-0.39, 0.29) is 11.2 Å². The average molecular weight is 372 g/mol. The van der Waals surface area contributed by atoms with Gasteiger partial charge in [-0.15, -0.1) is 0 Å². The number of carbonyl (C=O) groups excluding carboxylic acids is 1. The predicted octanol–water partition coefficient (Wildman–Crippen LogP) is 4.15. The van der Waals surface area contributed by atoms with Crippen LogP contribution in [-0.2, 0) is 4.79 Å². The van der Waals surface area contributed by atoms with Crippen molar-refractivity contribution < 1.29 is 4.79 Å². The number of nitrogens with one attached hydrogen (secondary N) is 2. The zero-order chi connectivity index (χ0) is 18.3. The Hall–Kier alpha value is -1.49. The summed E-state index contributed by atoms with van der Waals surface area (Å²) >= 11 is 1.61. The van der Waals surface area contributed by atoms with Gasteiger partial charge in [0.15, 0.2) is 5.17 Å². The van der Waals surface area contributed by atoms with Crippen LogP contribution in [-0.4, -0.2) is 28.9 Å². The van der Waals surface area contributed by atoms with Crippen molar-refractivity contribution in [3.63, 3.8) is 0 Å². The molecule has 0 aromatic heterocycles. The molecule has 2 N–H and O–H groups in total. The fraction of sp³-hybridized carbons (Fsp3) is 0.619. The summed E-state index contributed by atoms with van der Waals surface area (Å²) in [7, 11) is 0. The number of aliphatic imine (C=N–C) groups is 1. The number of rotatable bonds is 5. The van der Waals surface area contributed by atoms with E-state index in [0.29, 0.717) is 17.4 Å². The number of benzene rings is 1. The number of carbonyl (C=O) groups is 1. The monoisotopic (exact) mass is 371 g/mol. The molecule has 3 aliphatic carbocycles. The lowest BCUT2D eigenvalue weighted by Crippen LogP contribution is -2.56. The van der Waals surface area contributed by atoms with Gasteiger partial charge in [0.05, 0.1) is 11.3 Å². The first kappa shape index (κ1) is 17.9. The Balaban J connectivity index is 1.31. The summed E-state index contributed by atoms with van der Waals surface area (Å²) in [6.07, 6.45) is 3.34. The van der Waals surface area contributed by atoms with E-state index in [1.165, 1.54) is 12.8 Å². The molecule has 140 valence electrons. The molecular weight excluding hydrogens is 342 g/mol. The van der Waals surface area contributed by atoms with E-state index < -0.39 is 0 Å². The third-order valence-corrected chi connectivity index (χ3v) is 8.05. The van der Waals surface area contributed by atoms with E-state index in [0.717, 1.165) is 35.7 Å².